The number of anilines is 1. The van der Waals surface area contributed by atoms with Crippen LogP contribution in [-0.2, 0) is 0 Å². The van der Waals surface area contributed by atoms with Gasteiger partial charge in [-0.15, -0.1) is 0 Å². The van der Waals surface area contributed by atoms with E-state index in [1.165, 1.54) is 16.5 Å². The first kappa shape index (κ1) is 10.8. The van der Waals surface area contributed by atoms with Crippen LogP contribution in [0.1, 0.15) is 5.56 Å². The molecule has 0 atom stereocenters. The van der Waals surface area contributed by atoms with Gasteiger partial charge in [-0.2, -0.15) is 0 Å². The Kier molecular flexibility index (Phi) is 2.49. The summed E-state index contributed by atoms with van der Waals surface area (Å²) in [6, 6.07) is 16.4. The molecule has 0 radical (unpaired) electrons. The molecular weight excluding hydrogens is 220 g/mol. The first-order valence-corrected chi connectivity index (χ1v) is 5.96. The van der Waals surface area contributed by atoms with Crippen LogP contribution in [0, 0.1) is 6.92 Å². The molecule has 2 aromatic carbocycles. The Bertz CT molecular complexity index is 712. The smallest absolute Gasteiger partial charge is 0.0708 e. The van der Waals surface area contributed by atoms with Crippen LogP contribution in [0.2, 0.25) is 0 Å². The number of nitrogen functional groups attached to an aromatic ring is 1. The third kappa shape index (κ3) is 1.72. The van der Waals surface area contributed by atoms with E-state index in [1.54, 1.807) is 0 Å². The van der Waals surface area contributed by atoms with E-state index in [9.17, 15) is 0 Å². The van der Waals surface area contributed by atoms with Crippen molar-refractivity contribution >= 4 is 16.6 Å². The van der Waals surface area contributed by atoms with Crippen LogP contribution in [0.15, 0.2) is 54.7 Å². The highest BCUT2D eigenvalue weighted by Gasteiger charge is 2.04. The van der Waals surface area contributed by atoms with Crippen LogP contribution in [0.4, 0.5) is 5.69 Å². The van der Waals surface area contributed by atoms with Crippen molar-refractivity contribution < 1.29 is 0 Å². The monoisotopic (exact) mass is 234 g/mol. The van der Waals surface area contributed by atoms with E-state index in [0.717, 1.165) is 16.8 Å². The molecule has 0 fully saturated rings. The first-order valence-electron chi connectivity index (χ1n) is 5.96. The van der Waals surface area contributed by atoms with Crippen LogP contribution in [0.5, 0.6) is 0 Å². The van der Waals surface area contributed by atoms with E-state index in [1.807, 2.05) is 37.4 Å². The standard InChI is InChI=1S/C16H14N2/c1-11-10-12(7-8-15(11)17)13-4-2-6-16-14(13)5-3-9-18-16/h2-10H,17H2,1H3. The number of rotatable bonds is 1. The number of aryl methyl sites for hydroxylation is 1. The molecule has 2 N–H and O–H groups in total. The zero-order chi connectivity index (χ0) is 12.5. The fourth-order valence-corrected chi connectivity index (χ4v) is 2.20. The summed E-state index contributed by atoms with van der Waals surface area (Å²) in [7, 11) is 0. The maximum Gasteiger partial charge on any atom is 0.0708 e. The largest absolute Gasteiger partial charge is 0.399 e. The van der Waals surface area contributed by atoms with Crippen molar-refractivity contribution in [3.8, 4) is 11.1 Å². The predicted octanol–water partition coefficient (Wildman–Crippen LogP) is 3.79. The molecule has 1 aromatic heterocycles. The molecule has 0 aliphatic carbocycles. The van der Waals surface area contributed by atoms with E-state index < -0.39 is 0 Å². The van der Waals surface area contributed by atoms with Gasteiger partial charge in [0.25, 0.3) is 0 Å². The van der Waals surface area contributed by atoms with Gasteiger partial charge in [-0.3, -0.25) is 4.98 Å². The third-order valence-electron chi connectivity index (χ3n) is 3.23. The quantitative estimate of drug-likeness (QED) is 0.650. The van der Waals surface area contributed by atoms with Crippen molar-refractivity contribution in [3.63, 3.8) is 0 Å². The van der Waals surface area contributed by atoms with Gasteiger partial charge in [0, 0.05) is 17.3 Å². The van der Waals surface area contributed by atoms with Crippen molar-refractivity contribution in [3.05, 3.63) is 60.3 Å². The number of hydrogen-bond acceptors (Lipinski definition) is 2. The molecule has 0 unspecified atom stereocenters. The van der Waals surface area contributed by atoms with Gasteiger partial charge in [0.05, 0.1) is 5.52 Å². The lowest BCUT2D eigenvalue weighted by Crippen LogP contribution is -1.90. The summed E-state index contributed by atoms with van der Waals surface area (Å²) in [5, 5.41) is 1.17. The molecular formula is C16H14N2. The Morgan fingerprint density at radius 1 is 1.00 bits per heavy atom. The third-order valence-corrected chi connectivity index (χ3v) is 3.23. The Morgan fingerprint density at radius 2 is 1.89 bits per heavy atom. The molecule has 2 heteroatoms. The molecule has 88 valence electrons. The second-order valence-electron chi connectivity index (χ2n) is 4.45. The lowest BCUT2D eigenvalue weighted by Gasteiger charge is -2.08. The van der Waals surface area contributed by atoms with E-state index in [-0.39, 0.29) is 0 Å². The Balaban J connectivity index is 2.28. The summed E-state index contributed by atoms with van der Waals surface area (Å²) in [5.41, 5.74) is 11.2. The summed E-state index contributed by atoms with van der Waals surface area (Å²) in [6.45, 7) is 2.03. The number of benzene rings is 2. The zero-order valence-electron chi connectivity index (χ0n) is 10.2. The molecule has 0 spiro atoms. The highest BCUT2D eigenvalue weighted by atomic mass is 14.6. The molecule has 18 heavy (non-hydrogen) atoms. The fourth-order valence-electron chi connectivity index (χ4n) is 2.20. The fraction of sp³-hybridized carbons (Fsp3) is 0.0625. The maximum atomic E-state index is 5.87. The van der Waals surface area contributed by atoms with E-state index in [0.29, 0.717) is 0 Å². The second-order valence-corrected chi connectivity index (χ2v) is 4.45. The molecule has 0 aliphatic heterocycles. The SMILES string of the molecule is Cc1cc(-c2cccc3ncccc23)ccc1N. The van der Waals surface area contributed by atoms with Gasteiger partial charge in [-0.25, -0.2) is 0 Å². The van der Waals surface area contributed by atoms with E-state index in [4.69, 9.17) is 5.73 Å². The number of nitrogens with two attached hydrogens (primary N) is 1. The summed E-state index contributed by atoms with van der Waals surface area (Å²) >= 11 is 0. The topological polar surface area (TPSA) is 38.9 Å². The van der Waals surface area contributed by atoms with Crippen molar-refractivity contribution in [2.45, 2.75) is 6.92 Å². The maximum absolute atomic E-state index is 5.87. The minimum atomic E-state index is 0.831. The van der Waals surface area contributed by atoms with Gasteiger partial charge < -0.3 is 5.73 Å². The Labute approximate surface area is 106 Å². The number of nitrogens with zero attached hydrogens (tertiary/aromatic N) is 1. The second kappa shape index (κ2) is 4.15. The van der Waals surface area contributed by atoms with Gasteiger partial charge in [-0.05, 0) is 47.9 Å². The normalized spacial score (nSPS) is 10.7. The minimum absolute atomic E-state index is 0.831. The van der Waals surface area contributed by atoms with Crippen molar-refractivity contribution in [1.82, 2.24) is 4.98 Å². The van der Waals surface area contributed by atoms with Gasteiger partial charge in [0.1, 0.15) is 0 Å². The van der Waals surface area contributed by atoms with Crippen molar-refractivity contribution in [2.75, 3.05) is 5.73 Å². The zero-order valence-corrected chi connectivity index (χ0v) is 10.2. The lowest BCUT2D eigenvalue weighted by molar-refractivity contribution is 1.41. The summed E-state index contributed by atoms with van der Waals surface area (Å²) in [6.07, 6.45) is 1.82. The Hall–Kier alpha value is -2.35. The van der Waals surface area contributed by atoms with Crippen LogP contribution in [0.3, 0.4) is 0 Å². The number of hydrogen-bond donors (Lipinski definition) is 1. The molecule has 1 heterocycles. The predicted molar refractivity (Wildman–Crippen MR) is 76.3 cm³/mol. The van der Waals surface area contributed by atoms with E-state index >= 15 is 0 Å². The lowest BCUT2D eigenvalue weighted by atomic mass is 9.98. The van der Waals surface area contributed by atoms with Gasteiger partial charge in [0.15, 0.2) is 0 Å². The molecule has 0 saturated carbocycles. The molecule has 3 aromatic rings. The van der Waals surface area contributed by atoms with Gasteiger partial charge in [-0.1, -0.05) is 24.3 Å². The first-order chi connectivity index (χ1) is 8.75. The number of aromatic nitrogens is 1. The molecule has 3 rings (SSSR count). The highest BCUT2D eigenvalue weighted by molar-refractivity contribution is 5.94. The van der Waals surface area contributed by atoms with Crippen molar-refractivity contribution in [2.24, 2.45) is 0 Å². The average molecular weight is 234 g/mol. The number of pyridine rings is 1. The van der Waals surface area contributed by atoms with Crippen LogP contribution >= 0.6 is 0 Å². The average Bonchev–Trinajstić information content (AvgIpc) is 2.41. The van der Waals surface area contributed by atoms with Crippen LogP contribution < -0.4 is 5.73 Å². The molecule has 0 saturated heterocycles. The minimum Gasteiger partial charge on any atom is -0.399 e. The van der Waals surface area contributed by atoms with E-state index in [2.05, 4.69) is 29.2 Å². The van der Waals surface area contributed by atoms with Crippen LogP contribution in [-0.4, -0.2) is 4.98 Å². The Morgan fingerprint density at radius 3 is 2.72 bits per heavy atom. The van der Waals surface area contributed by atoms with Gasteiger partial charge >= 0.3 is 0 Å². The summed E-state index contributed by atoms with van der Waals surface area (Å²) < 4.78 is 0. The summed E-state index contributed by atoms with van der Waals surface area (Å²) in [4.78, 5) is 4.38. The van der Waals surface area contributed by atoms with Crippen LogP contribution in [0.25, 0.3) is 22.0 Å². The molecule has 0 aliphatic rings. The molecule has 0 bridgehead atoms. The van der Waals surface area contributed by atoms with Gasteiger partial charge in [0.2, 0.25) is 0 Å². The molecule has 0 amide bonds. The highest BCUT2D eigenvalue weighted by Crippen LogP contribution is 2.29. The number of fused-ring (bicyclic) bond motifs is 1. The molecule has 2 nitrogen and oxygen atoms in total. The van der Waals surface area contributed by atoms with Crippen molar-refractivity contribution in [1.29, 1.82) is 0 Å². The summed E-state index contributed by atoms with van der Waals surface area (Å²) in [5.74, 6) is 0.